The van der Waals surface area contributed by atoms with Crippen molar-refractivity contribution in [3.05, 3.63) is 23.8 Å². The Morgan fingerprint density at radius 3 is 2.65 bits per heavy atom. The SMILES string of the molecule is CCOc1cc(C=O)ccc1O[C@@H](C)C(=O)NC(N)=O. The topological polar surface area (TPSA) is 108 Å². The number of carbonyl (C=O) groups excluding carboxylic acids is 3. The first-order valence-electron chi connectivity index (χ1n) is 5.97. The fraction of sp³-hybridized carbons (Fsp3) is 0.308. The monoisotopic (exact) mass is 280 g/mol. The molecule has 0 aliphatic heterocycles. The van der Waals surface area contributed by atoms with Gasteiger partial charge in [0.1, 0.15) is 6.29 Å². The molecule has 0 aliphatic carbocycles. The lowest BCUT2D eigenvalue weighted by Crippen LogP contribution is -2.42. The fourth-order valence-electron chi connectivity index (χ4n) is 1.43. The van der Waals surface area contributed by atoms with Gasteiger partial charge in [-0.05, 0) is 32.0 Å². The molecule has 0 radical (unpaired) electrons. The van der Waals surface area contributed by atoms with Crippen LogP contribution in [0.2, 0.25) is 0 Å². The Hall–Kier alpha value is -2.57. The maximum absolute atomic E-state index is 11.5. The van der Waals surface area contributed by atoms with Crippen LogP contribution in [-0.2, 0) is 4.79 Å². The highest BCUT2D eigenvalue weighted by molar-refractivity contribution is 5.95. The first-order valence-corrected chi connectivity index (χ1v) is 5.97. The van der Waals surface area contributed by atoms with E-state index in [9.17, 15) is 14.4 Å². The number of hydrogen-bond acceptors (Lipinski definition) is 5. The summed E-state index contributed by atoms with van der Waals surface area (Å²) in [6, 6.07) is 3.60. The van der Waals surface area contributed by atoms with Crippen LogP contribution in [0.4, 0.5) is 4.79 Å². The summed E-state index contributed by atoms with van der Waals surface area (Å²) in [5, 5.41) is 1.91. The van der Waals surface area contributed by atoms with Crippen LogP contribution in [0.1, 0.15) is 24.2 Å². The molecule has 0 bridgehead atoms. The van der Waals surface area contributed by atoms with Gasteiger partial charge in [0.2, 0.25) is 0 Å². The van der Waals surface area contributed by atoms with Crippen molar-refractivity contribution in [2.45, 2.75) is 20.0 Å². The van der Waals surface area contributed by atoms with Gasteiger partial charge in [0.25, 0.3) is 5.91 Å². The van der Waals surface area contributed by atoms with Gasteiger partial charge in [0.05, 0.1) is 6.61 Å². The second-order valence-corrected chi connectivity index (χ2v) is 3.87. The quantitative estimate of drug-likeness (QED) is 0.751. The van der Waals surface area contributed by atoms with Crippen molar-refractivity contribution in [1.82, 2.24) is 5.32 Å². The van der Waals surface area contributed by atoms with Crippen LogP contribution in [0.3, 0.4) is 0 Å². The van der Waals surface area contributed by atoms with Gasteiger partial charge >= 0.3 is 6.03 Å². The number of nitrogens with two attached hydrogens (primary N) is 1. The van der Waals surface area contributed by atoms with Crippen molar-refractivity contribution < 1.29 is 23.9 Å². The second-order valence-electron chi connectivity index (χ2n) is 3.87. The third-order valence-corrected chi connectivity index (χ3v) is 2.32. The number of carbonyl (C=O) groups is 3. The van der Waals surface area contributed by atoms with Crippen LogP contribution in [0.15, 0.2) is 18.2 Å². The van der Waals surface area contributed by atoms with Crippen LogP contribution < -0.4 is 20.5 Å². The van der Waals surface area contributed by atoms with Gasteiger partial charge in [-0.25, -0.2) is 4.79 Å². The number of ether oxygens (including phenoxy) is 2. The van der Waals surface area contributed by atoms with E-state index in [1.54, 1.807) is 6.92 Å². The maximum Gasteiger partial charge on any atom is 0.318 e. The number of rotatable bonds is 6. The highest BCUT2D eigenvalue weighted by atomic mass is 16.5. The van der Waals surface area contributed by atoms with E-state index in [2.05, 4.69) is 0 Å². The van der Waals surface area contributed by atoms with E-state index in [1.165, 1.54) is 25.1 Å². The lowest BCUT2D eigenvalue weighted by atomic mass is 10.2. The summed E-state index contributed by atoms with van der Waals surface area (Å²) in [6.45, 7) is 3.61. The zero-order chi connectivity index (χ0) is 15.1. The molecular formula is C13H16N2O5. The molecule has 0 spiro atoms. The summed E-state index contributed by atoms with van der Waals surface area (Å²) in [7, 11) is 0. The van der Waals surface area contributed by atoms with Gasteiger partial charge in [-0.1, -0.05) is 0 Å². The third-order valence-electron chi connectivity index (χ3n) is 2.32. The standard InChI is InChI=1S/C13H16N2O5/c1-3-19-11-6-9(7-16)4-5-10(11)20-8(2)12(17)15-13(14)18/h4-8H,3H2,1-2H3,(H3,14,15,17,18)/t8-/m0/s1. The molecule has 7 heteroatoms. The minimum atomic E-state index is -0.952. The first-order chi connectivity index (χ1) is 9.47. The molecule has 3 amide bonds. The molecule has 108 valence electrons. The molecule has 20 heavy (non-hydrogen) atoms. The molecule has 0 unspecified atom stereocenters. The molecule has 0 fully saturated rings. The lowest BCUT2D eigenvalue weighted by Gasteiger charge is -2.16. The molecule has 1 rings (SSSR count). The largest absolute Gasteiger partial charge is 0.490 e. The second kappa shape index (κ2) is 7.13. The summed E-state index contributed by atoms with van der Waals surface area (Å²) < 4.78 is 10.7. The molecular weight excluding hydrogens is 264 g/mol. The predicted molar refractivity (Wildman–Crippen MR) is 70.8 cm³/mol. The highest BCUT2D eigenvalue weighted by Gasteiger charge is 2.18. The Labute approximate surface area is 116 Å². The summed E-state index contributed by atoms with van der Waals surface area (Å²) in [5.41, 5.74) is 5.28. The molecule has 1 aromatic carbocycles. The van der Waals surface area contributed by atoms with Crippen molar-refractivity contribution in [3.8, 4) is 11.5 Å². The number of nitrogens with one attached hydrogen (secondary N) is 1. The molecule has 0 heterocycles. The average molecular weight is 280 g/mol. The number of hydrogen-bond donors (Lipinski definition) is 2. The Kier molecular flexibility index (Phi) is 5.52. The van der Waals surface area contributed by atoms with E-state index in [1.807, 2.05) is 5.32 Å². The van der Waals surface area contributed by atoms with Crippen molar-refractivity contribution in [1.29, 1.82) is 0 Å². The molecule has 1 aromatic rings. The molecule has 7 nitrogen and oxygen atoms in total. The molecule has 0 aliphatic rings. The lowest BCUT2D eigenvalue weighted by molar-refractivity contribution is -0.126. The summed E-state index contributed by atoms with van der Waals surface area (Å²) in [6.07, 6.45) is -0.265. The molecule has 3 N–H and O–H groups in total. The van der Waals surface area contributed by atoms with Crippen LogP contribution in [0.25, 0.3) is 0 Å². The van der Waals surface area contributed by atoms with Crippen molar-refractivity contribution in [2.24, 2.45) is 5.73 Å². The van der Waals surface area contributed by atoms with E-state index in [0.29, 0.717) is 30.0 Å². The Morgan fingerprint density at radius 2 is 2.10 bits per heavy atom. The average Bonchev–Trinajstić information content (AvgIpc) is 2.40. The van der Waals surface area contributed by atoms with E-state index in [-0.39, 0.29) is 0 Å². The fourth-order valence-corrected chi connectivity index (χ4v) is 1.43. The minimum Gasteiger partial charge on any atom is -0.490 e. The molecule has 0 aromatic heterocycles. The van der Waals surface area contributed by atoms with Gasteiger partial charge in [-0.3, -0.25) is 14.9 Å². The van der Waals surface area contributed by atoms with Gasteiger partial charge in [-0.2, -0.15) is 0 Å². The number of amides is 3. The van der Waals surface area contributed by atoms with Crippen molar-refractivity contribution in [2.75, 3.05) is 6.61 Å². The first kappa shape index (κ1) is 15.5. The number of aldehydes is 1. The zero-order valence-corrected chi connectivity index (χ0v) is 11.2. The zero-order valence-electron chi connectivity index (χ0n) is 11.2. The Bertz CT molecular complexity index is 515. The number of urea groups is 1. The highest BCUT2D eigenvalue weighted by Crippen LogP contribution is 2.28. The van der Waals surface area contributed by atoms with E-state index in [4.69, 9.17) is 15.2 Å². The third kappa shape index (κ3) is 4.27. The summed E-state index contributed by atoms with van der Waals surface area (Å²) >= 11 is 0. The predicted octanol–water partition coefficient (Wildman–Crippen LogP) is 0.860. The smallest absolute Gasteiger partial charge is 0.318 e. The Morgan fingerprint density at radius 1 is 1.40 bits per heavy atom. The molecule has 1 atom stereocenters. The van der Waals surface area contributed by atoms with Crippen LogP contribution >= 0.6 is 0 Å². The summed E-state index contributed by atoms with van der Waals surface area (Å²) in [4.78, 5) is 32.8. The number of benzene rings is 1. The number of imide groups is 1. The van der Waals surface area contributed by atoms with Crippen LogP contribution in [-0.4, -0.2) is 30.9 Å². The van der Waals surface area contributed by atoms with Gasteiger partial charge in [0, 0.05) is 5.56 Å². The Balaban J connectivity index is 2.87. The molecule has 0 saturated carbocycles. The van der Waals surface area contributed by atoms with Crippen molar-refractivity contribution >= 4 is 18.2 Å². The van der Waals surface area contributed by atoms with Gasteiger partial charge < -0.3 is 15.2 Å². The van der Waals surface area contributed by atoms with Crippen molar-refractivity contribution in [3.63, 3.8) is 0 Å². The molecule has 0 saturated heterocycles. The summed E-state index contributed by atoms with van der Waals surface area (Å²) in [5.74, 6) is -0.0280. The van der Waals surface area contributed by atoms with E-state index in [0.717, 1.165) is 0 Å². The van der Waals surface area contributed by atoms with E-state index >= 15 is 0 Å². The number of primary amides is 1. The van der Waals surface area contributed by atoms with Gasteiger partial charge in [0.15, 0.2) is 17.6 Å². The maximum atomic E-state index is 11.5. The minimum absolute atomic E-state index is 0.296. The van der Waals surface area contributed by atoms with E-state index < -0.39 is 18.0 Å². The normalized spacial score (nSPS) is 11.3. The van der Waals surface area contributed by atoms with Crippen LogP contribution in [0, 0.1) is 0 Å². The van der Waals surface area contributed by atoms with Crippen LogP contribution in [0.5, 0.6) is 11.5 Å². The van der Waals surface area contributed by atoms with Gasteiger partial charge in [-0.15, -0.1) is 0 Å².